The number of ether oxygens (including phenoxy) is 1. The zero-order valence-corrected chi connectivity index (χ0v) is 9.54. The predicted octanol–water partition coefficient (Wildman–Crippen LogP) is 1.50. The molecular formula is C12H13N3O2. The van der Waals surface area contributed by atoms with Crippen LogP contribution in [0.25, 0.3) is 0 Å². The van der Waals surface area contributed by atoms with E-state index in [0.29, 0.717) is 18.8 Å². The number of rotatable bonds is 4. The SMILES string of the molecule is CCOC(=O)c1ccn(Cc2cccnc2)n1. The van der Waals surface area contributed by atoms with Crippen molar-refractivity contribution in [1.82, 2.24) is 14.8 Å². The van der Waals surface area contributed by atoms with E-state index in [1.54, 1.807) is 36.3 Å². The van der Waals surface area contributed by atoms with Crippen LogP contribution in [-0.4, -0.2) is 27.3 Å². The van der Waals surface area contributed by atoms with E-state index < -0.39 is 5.97 Å². The molecule has 2 aromatic rings. The zero-order valence-electron chi connectivity index (χ0n) is 9.54. The smallest absolute Gasteiger partial charge is 0.358 e. The maximum Gasteiger partial charge on any atom is 0.358 e. The van der Waals surface area contributed by atoms with Crippen LogP contribution in [0.2, 0.25) is 0 Å². The standard InChI is InChI=1S/C12H13N3O2/c1-2-17-12(16)11-5-7-15(14-11)9-10-4-3-6-13-8-10/h3-8H,2,9H2,1H3. The number of nitrogens with zero attached hydrogens (tertiary/aromatic N) is 3. The predicted molar refractivity (Wildman–Crippen MR) is 61.5 cm³/mol. The van der Waals surface area contributed by atoms with Crippen molar-refractivity contribution in [2.75, 3.05) is 6.61 Å². The minimum atomic E-state index is -0.391. The number of hydrogen-bond donors (Lipinski definition) is 0. The van der Waals surface area contributed by atoms with Crippen molar-refractivity contribution in [3.8, 4) is 0 Å². The molecule has 0 aromatic carbocycles. The van der Waals surface area contributed by atoms with Gasteiger partial charge in [-0.2, -0.15) is 5.10 Å². The Morgan fingerprint density at radius 2 is 2.35 bits per heavy atom. The third kappa shape index (κ3) is 2.90. The Kier molecular flexibility index (Phi) is 3.49. The van der Waals surface area contributed by atoms with Crippen molar-refractivity contribution < 1.29 is 9.53 Å². The van der Waals surface area contributed by atoms with Crippen molar-refractivity contribution in [2.24, 2.45) is 0 Å². The molecule has 0 N–H and O–H groups in total. The molecule has 0 saturated heterocycles. The van der Waals surface area contributed by atoms with Gasteiger partial charge in [0.15, 0.2) is 5.69 Å². The summed E-state index contributed by atoms with van der Waals surface area (Å²) in [5, 5.41) is 4.14. The minimum Gasteiger partial charge on any atom is -0.461 e. The molecule has 0 radical (unpaired) electrons. The Hall–Kier alpha value is -2.17. The van der Waals surface area contributed by atoms with Crippen LogP contribution < -0.4 is 0 Å². The van der Waals surface area contributed by atoms with E-state index >= 15 is 0 Å². The number of hydrogen-bond acceptors (Lipinski definition) is 4. The third-order valence-corrected chi connectivity index (χ3v) is 2.19. The third-order valence-electron chi connectivity index (χ3n) is 2.19. The molecule has 0 spiro atoms. The van der Waals surface area contributed by atoms with Gasteiger partial charge in [-0.05, 0) is 24.6 Å². The largest absolute Gasteiger partial charge is 0.461 e. The van der Waals surface area contributed by atoms with Crippen molar-refractivity contribution >= 4 is 5.97 Å². The summed E-state index contributed by atoms with van der Waals surface area (Å²) in [5.41, 5.74) is 1.36. The molecular weight excluding hydrogens is 218 g/mol. The van der Waals surface area contributed by atoms with E-state index in [1.807, 2.05) is 12.1 Å². The monoisotopic (exact) mass is 231 g/mol. The lowest BCUT2D eigenvalue weighted by atomic mass is 10.3. The van der Waals surface area contributed by atoms with Crippen LogP contribution in [0.5, 0.6) is 0 Å². The first-order valence-electron chi connectivity index (χ1n) is 5.39. The van der Waals surface area contributed by atoms with Crippen LogP contribution in [0.1, 0.15) is 23.0 Å². The Balaban J connectivity index is 2.06. The molecule has 17 heavy (non-hydrogen) atoms. The van der Waals surface area contributed by atoms with Gasteiger partial charge in [0.05, 0.1) is 13.2 Å². The van der Waals surface area contributed by atoms with Gasteiger partial charge in [0, 0.05) is 18.6 Å². The molecule has 2 rings (SSSR count). The van der Waals surface area contributed by atoms with Crippen molar-refractivity contribution in [1.29, 1.82) is 0 Å². The molecule has 5 nitrogen and oxygen atoms in total. The summed E-state index contributed by atoms with van der Waals surface area (Å²) in [6, 6.07) is 5.47. The Morgan fingerprint density at radius 3 is 3.06 bits per heavy atom. The van der Waals surface area contributed by atoms with Gasteiger partial charge in [-0.15, -0.1) is 0 Å². The lowest BCUT2D eigenvalue weighted by molar-refractivity contribution is 0.0518. The highest BCUT2D eigenvalue weighted by molar-refractivity contribution is 5.86. The van der Waals surface area contributed by atoms with Crippen LogP contribution in [-0.2, 0) is 11.3 Å². The molecule has 0 fully saturated rings. The van der Waals surface area contributed by atoms with Crippen molar-refractivity contribution in [3.05, 3.63) is 48.0 Å². The molecule has 0 aliphatic rings. The second-order valence-electron chi connectivity index (χ2n) is 3.48. The normalized spacial score (nSPS) is 10.2. The summed E-state index contributed by atoms with van der Waals surface area (Å²) < 4.78 is 6.55. The van der Waals surface area contributed by atoms with Gasteiger partial charge in [0.25, 0.3) is 0 Å². The summed E-state index contributed by atoms with van der Waals surface area (Å²) in [6.45, 7) is 2.71. The first-order valence-corrected chi connectivity index (χ1v) is 5.39. The molecule has 2 aromatic heterocycles. The number of aromatic nitrogens is 3. The second-order valence-corrected chi connectivity index (χ2v) is 3.48. The highest BCUT2D eigenvalue weighted by Gasteiger charge is 2.09. The fourth-order valence-electron chi connectivity index (χ4n) is 1.44. The Morgan fingerprint density at radius 1 is 1.47 bits per heavy atom. The zero-order chi connectivity index (χ0) is 12.1. The van der Waals surface area contributed by atoms with Gasteiger partial charge in [-0.3, -0.25) is 9.67 Å². The first-order chi connectivity index (χ1) is 8.29. The van der Waals surface area contributed by atoms with E-state index in [2.05, 4.69) is 10.1 Å². The summed E-state index contributed by atoms with van der Waals surface area (Å²) in [6.07, 6.45) is 5.24. The molecule has 5 heteroatoms. The van der Waals surface area contributed by atoms with E-state index in [4.69, 9.17) is 4.74 Å². The quantitative estimate of drug-likeness (QED) is 0.748. The van der Waals surface area contributed by atoms with Gasteiger partial charge in [-0.25, -0.2) is 4.79 Å². The number of carbonyl (C=O) groups is 1. The lowest BCUT2D eigenvalue weighted by Crippen LogP contribution is -2.07. The Bertz CT molecular complexity index is 493. The minimum absolute atomic E-state index is 0.329. The number of esters is 1. The van der Waals surface area contributed by atoms with Crippen LogP contribution in [0.15, 0.2) is 36.8 Å². The van der Waals surface area contributed by atoms with Gasteiger partial charge < -0.3 is 4.74 Å². The van der Waals surface area contributed by atoms with Gasteiger partial charge >= 0.3 is 5.97 Å². The lowest BCUT2D eigenvalue weighted by Gasteiger charge is -2.00. The summed E-state index contributed by atoms with van der Waals surface area (Å²) >= 11 is 0. The van der Waals surface area contributed by atoms with Gasteiger partial charge in [0.1, 0.15) is 0 Å². The van der Waals surface area contributed by atoms with Crippen LogP contribution in [0.3, 0.4) is 0 Å². The molecule has 0 atom stereocenters. The van der Waals surface area contributed by atoms with Gasteiger partial charge in [-0.1, -0.05) is 6.07 Å². The van der Waals surface area contributed by atoms with E-state index in [0.717, 1.165) is 5.56 Å². The molecule has 0 bridgehead atoms. The summed E-state index contributed by atoms with van der Waals surface area (Å²) in [5.74, 6) is -0.391. The second kappa shape index (κ2) is 5.25. The fourth-order valence-corrected chi connectivity index (χ4v) is 1.44. The molecule has 88 valence electrons. The number of pyridine rings is 1. The highest BCUT2D eigenvalue weighted by Crippen LogP contribution is 2.03. The number of carbonyl (C=O) groups excluding carboxylic acids is 1. The molecule has 0 amide bonds. The van der Waals surface area contributed by atoms with Crippen LogP contribution in [0.4, 0.5) is 0 Å². The highest BCUT2D eigenvalue weighted by atomic mass is 16.5. The maximum absolute atomic E-state index is 11.4. The van der Waals surface area contributed by atoms with E-state index in [-0.39, 0.29) is 0 Å². The molecule has 0 unspecified atom stereocenters. The van der Waals surface area contributed by atoms with Crippen LogP contribution >= 0.6 is 0 Å². The Labute approximate surface area is 99.1 Å². The molecule has 0 aliphatic carbocycles. The molecule has 2 heterocycles. The van der Waals surface area contributed by atoms with Gasteiger partial charge in [0.2, 0.25) is 0 Å². The van der Waals surface area contributed by atoms with E-state index in [1.165, 1.54) is 0 Å². The molecule has 0 aliphatic heterocycles. The summed E-state index contributed by atoms with van der Waals surface area (Å²) in [7, 11) is 0. The molecule has 0 saturated carbocycles. The van der Waals surface area contributed by atoms with Crippen LogP contribution in [0, 0.1) is 0 Å². The topological polar surface area (TPSA) is 57.0 Å². The summed E-state index contributed by atoms with van der Waals surface area (Å²) in [4.78, 5) is 15.4. The first kappa shape index (κ1) is 11.3. The van der Waals surface area contributed by atoms with Crippen molar-refractivity contribution in [3.63, 3.8) is 0 Å². The average Bonchev–Trinajstić information content (AvgIpc) is 2.79. The fraction of sp³-hybridized carbons (Fsp3) is 0.250. The van der Waals surface area contributed by atoms with Crippen molar-refractivity contribution in [2.45, 2.75) is 13.5 Å². The maximum atomic E-state index is 11.4. The average molecular weight is 231 g/mol. The van der Waals surface area contributed by atoms with E-state index in [9.17, 15) is 4.79 Å².